The second kappa shape index (κ2) is 5.43. The van der Waals surface area contributed by atoms with Crippen molar-refractivity contribution in [2.24, 2.45) is 0 Å². The van der Waals surface area contributed by atoms with Gasteiger partial charge in [-0.25, -0.2) is 0 Å². The van der Waals surface area contributed by atoms with E-state index in [1.807, 2.05) is 25.1 Å². The first-order valence-corrected chi connectivity index (χ1v) is 3.54. The van der Waals surface area contributed by atoms with Gasteiger partial charge in [0.1, 0.15) is 0 Å². The van der Waals surface area contributed by atoms with E-state index in [9.17, 15) is 0 Å². The molecule has 0 aliphatic carbocycles. The van der Waals surface area contributed by atoms with E-state index in [-0.39, 0.29) is 24.9 Å². The maximum Gasteiger partial charge on any atom is 1.00 e. The van der Waals surface area contributed by atoms with Gasteiger partial charge in [-0.3, -0.25) is 0 Å². The summed E-state index contributed by atoms with van der Waals surface area (Å²) in [5, 5.41) is 0. The maximum atomic E-state index is 7.32. The van der Waals surface area contributed by atoms with Gasteiger partial charge in [-0.1, -0.05) is 37.3 Å². The summed E-state index contributed by atoms with van der Waals surface area (Å²) < 4.78 is 0. The smallest absolute Gasteiger partial charge is 0.675 e. The van der Waals surface area contributed by atoms with Crippen LogP contribution in [-0.4, -0.2) is 6.04 Å². The minimum Gasteiger partial charge on any atom is -0.675 e. The van der Waals surface area contributed by atoms with Crippen LogP contribution < -0.4 is 18.9 Å². The van der Waals surface area contributed by atoms with Crippen molar-refractivity contribution in [3.63, 3.8) is 0 Å². The van der Waals surface area contributed by atoms with E-state index < -0.39 is 0 Å². The maximum absolute atomic E-state index is 7.32. The van der Waals surface area contributed by atoms with Crippen LogP contribution in [0.15, 0.2) is 30.3 Å². The molecule has 0 aromatic heterocycles. The van der Waals surface area contributed by atoms with Crippen molar-refractivity contribution in [2.45, 2.75) is 19.4 Å². The molecule has 0 saturated carbocycles. The van der Waals surface area contributed by atoms with Gasteiger partial charge in [0.25, 0.3) is 0 Å². The van der Waals surface area contributed by atoms with Crippen LogP contribution in [0.25, 0.3) is 5.73 Å². The van der Waals surface area contributed by atoms with Gasteiger partial charge in [0, 0.05) is 0 Å². The predicted molar refractivity (Wildman–Crippen MR) is 43.9 cm³/mol. The Kier molecular flexibility index (Phi) is 5.32. The summed E-state index contributed by atoms with van der Waals surface area (Å²) >= 11 is 0. The van der Waals surface area contributed by atoms with Gasteiger partial charge in [0.05, 0.1) is 0 Å². The molecule has 1 nitrogen and oxygen atoms in total. The van der Waals surface area contributed by atoms with Gasteiger partial charge in [0.2, 0.25) is 0 Å². The van der Waals surface area contributed by atoms with Crippen LogP contribution in [0.5, 0.6) is 0 Å². The Morgan fingerprint density at radius 2 is 1.82 bits per heavy atom. The van der Waals surface area contributed by atoms with E-state index in [4.69, 9.17) is 5.73 Å². The van der Waals surface area contributed by atoms with E-state index in [2.05, 4.69) is 12.1 Å². The van der Waals surface area contributed by atoms with E-state index in [1.54, 1.807) is 0 Å². The predicted octanol–water partition coefficient (Wildman–Crippen LogP) is -0.326. The minimum absolute atomic E-state index is 0. The molecule has 54 valence electrons. The zero-order valence-electron chi connectivity index (χ0n) is 7.17. The van der Waals surface area contributed by atoms with Gasteiger partial charge in [-0.2, -0.15) is 0 Å². The molecule has 0 aliphatic heterocycles. The van der Waals surface area contributed by atoms with Crippen LogP contribution in [0.1, 0.15) is 12.5 Å². The molecule has 0 fully saturated rings. The Morgan fingerprint density at radius 1 is 1.27 bits per heavy atom. The third kappa shape index (κ3) is 4.26. The molecule has 0 spiro atoms. The monoisotopic (exact) mass is 141 g/mol. The topological polar surface area (TPSA) is 23.8 Å². The van der Waals surface area contributed by atoms with E-state index >= 15 is 0 Å². The summed E-state index contributed by atoms with van der Waals surface area (Å²) in [5.74, 6) is 0. The summed E-state index contributed by atoms with van der Waals surface area (Å²) in [5.41, 5.74) is 8.57. The fourth-order valence-electron chi connectivity index (χ4n) is 0.968. The van der Waals surface area contributed by atoms with Crippen molar-refractivity contribution in [2.75, 3.05) is 0 Å². The Bertz CT molecular complexity index is 184. The molecule has 1 N–H and O–H groups in total. The van der Waals surface area contributed by atoms with Crippen molar-refractivity contribution in [3.8, 4) is 0 Å². The van der Waals surface area contributed by atoms with Gasteiger partial charge >= 0.3 is 18.9 Å². The van der Waals surface area contributed by atoms with Gasteiger partial charge in [0.15, 0.2) is 0 Å². The molecule has 1 rings (SSSR count). The second-order valence-electron chi connectivity index (χ2n) is 2.59. The van der Waals surface area contributed by atoms with Crippen molar-refractivity contribution in [3.05, 3.63) is 41.6 Å². The van der Waals surface area contributed by atoms with Crippen LogP contribution in [-0.2, 0) is 6.42 Å². The molecular formula is C9H12LiN. The molecule has 0 bridgehead atoms. The van der Waals surface area contributed by atoms with Crippen molar-refractivity contribution < 1.29 is 18.9 Å². The van der Waals surface area contributed by atoms with Crippen molar-refractivity contribution >= 4 is 0 Å². The normalized spacial score (nSPS) is 11.8. The Labute approximate surface area is 80.2 Å². The molecule has 1 aromatic carbocycles. The molecule has 0 heterocycles. The quantitative estimate of drug-likeness (QED) is 0.504. The standard InChI is InChI=1S/C9H12N.Li/c1-8(10)7-9-5-3-2-4-6-9;/h2-6,8,10H,7H2,1H3;/q-1;+1. The molecule has 11 heavy (non-hydrogen) atoms. The van der Waals surface area contributed by atoms with Crippen LogP contribution >= 0.6 is 0 Å². The second-order valence-corrected chi connectivity index (χ2v) is 2.59. The number of nitrogens with one attached hydrogen (secondary N) is 1. The summed E-state index contributed by atoms with van der Waals surface area (Å²) in [7, 11) is 0. The molecule has 2 heteroatoms. The third-order valence-corrected chi connectivity index (χ3v) is 1.38. The van der Waals surface area contributed by atoms with E-state index in [0.717, 1.165) is 6.42 Å². The molecule has 1 aromatic rings. The summed E-state index contributed by atoms with van der Waals surface area (Å²) in [6.07, 6.45) is 0.862. The summed E-state index contributed by atoms with van der Waals surface area (Å²) in [6.45, 7) is 1.91. The van der Waals surface area contributed by atoms with Crippen molar-refractivity contribution in [1.82, 2.24) is 0 Å². The van der Waals surface area contributed by atoms with Gasteiger partial charge < -0.3 is 5.73 Å². The molecule has 0 radical (unpaired) electrons. The average Bonchev–Trinajstić information content (AvgIpc) is 1.88. The molecule has 0 saturated heterocycles. The SMILES string of the molecule is CC([NH-])Cc1ccccc1.[Li+]. The van der Waals surface area contributed by atoms with Crippen LogP contribution in [0.3, 0.4) is 0 Å². The first-order valence-electron chi connectivity index (χ1n) is 3.54. The molecule has 1 unspecified atom stereocenters. The zero-order chi connectivity index (χ0) is 7.40. The van der Waals surface area contributed by atoms with Gasteiger partial charge in [-0.05, 0) is 12.0 Å². The average molecular weight is 141 g/mol. The number of hydrogen-bond acceptors (Lipinski definition) is 0. The molecule has 1 atom stereocenters. The number of benzene rings is 1. The van der Waals surface area contributed by atoms with Crippen molar-refractivity contribution in [1.29, 1.82) is 0 Å². The molecule has 0 amide bonds. The number of hydrogen-bond donors (Lipinski definition) is 0. The largest absolute Gasteiger partial charge is 1.00 e. The summed E-state index contributed by atoms with van der Waals surface area (Å²) in [6, 6.07) is 10.2. The third-order valence-electron chi connectivity index (χ3n) is 1.38. The van der Waals surface area contributed by atoms with Crippen LogP contribution in [0, 0.1) is 0 Å². The van der Waals surface area contributed by atoms with Crippen LogP contribution in [0.2, 0.25) is 0 Å². The van der Waals surface area contributed by atoms with Crippen LogP contribution in [0.4, 0.5) is 0 Å². The molecular weight excluding hydrogens is 129 g/mol. The Balaban J connectivity index is 0.000001000. The fraction of sp³-hybridized carbons (Fsp3) is 0.333. The minimum atomic E-state index is 0. The number of rotatable bonds is 2. The Hall–Kier alpha value is -0.223. The zero-order valence-corrected chi connectivity index (χ0v) is 7.17. The van der Waals surface area contributed by atoms with E-state index in [0.29, 0.717) is 0 Å². The first kappa shape index (κ1) is 10.8. The molecule has 0 aliphatic rings. The summed E-state index contributed by atoms with van der Waals surface area (Å²) in [4.78, 5) is 0. The Morgan fingerprint density at radius 3 is 2.27 bits per heavy atom. The first-order chi connectivity index (χ1) is 4.79. The fourth-order valence-corrected chi connectivity index (χ4v) is 0.968. The van der Waals surface area contributed by atoms with E-state index in [1.165, 1.54) is 5.56 Å². The van der Waals surface area contributed by atoms with Gasteiger partial charge in [-0.15, -0.1) is 6.04 Å².